The van der Waals surface area contributed by atoms with Crippen molar-refractivity contribution in [3.8, 4) is 45.0 Å². The normalized spacial score (nSPS) is 12.1. The molecule has 0 atom stereocenters. The molecular formula is C50H33N9. The average Bonchev–Trinajstić information content (AvgIpc) is 3.31. The number of benzene rings is 2. The van der Waals surface area contributed by atoms with Crippen LogP contribution in [0.5, 0.6) is 0 Å². The van der Waals surface area contributed by atoms with Gasteiger partial charge in [0.2, 0.25) is 0 Å². The molecule has 0 aliphatic heterocycles. The van der Waals surface area contributed by atoms with Crippen molar-refractivity contribution in [3.63, 3.8) is 0 Å². The Kier molecular flexibility index (Phi) is 9.00. The first-order valence-corrected chi connectivity index (χ1v) is 19.1. The quantitative estimate of drug-likeness (QED) is 0.0854. The molecule has 2 aromatic carbocycles. The van der Waals surface area contributed by atoms with Gasteiger partial charge in [0.25, 0.3) is 0 Å². The molecule has 0 bridgehead atoms. The molecule has 278 valence electrons. The van der Waals surface area contributed by atoms with Gasteiger partial charge >= 0.3 is 0 Å². The van der Waals surface area contributed by atoms with E-state index in [1.807, 2.05) is 98.3 Å². The predicted molar refractivity (Wildman–Crippen MR) is 238 cm³/mol. The summed E-state index contributed by atoms with van der Waals surface area (Å²) >= 11 is 0. The van der Waals surface area contributed by atoms with Crippen LogP contribution in [0, 0.1) is 0 Å². The zero-order chi connectivity index (χ0) is 39.7. The van der Waals surface area contributed by atoms with Crippen LogP contribution in [-0.4, -0.2) is 46.6 Å². The van der Waals surface area contributed by atoms with E-state index >= 15 is 0 Å². The molecule has 0 amide bonds. The van der Waals surface area contributed by atoms with Crippen LogP contribution in [0.1, 0.15) is 18.3 Å². The number of allylic oxidation sites excluding steroid dienone is 3. The van der Waals surface area contributed by atoms with Crippen molar-refractivity contribution < 1.29 is 0 Å². The average molecular weight is 760 g/mol. The highest BCUT2D eigenvalue weighted by Gasteiger charge is 2.17. The smallest absolute Gasteiger partial charge is 0.0979 e. The van der Waals surface area contributed by atoms with Gasteiger partial charge in [0.05, 0.1) is 56.2 Å². The molecule has 10 rings (SSSR count). The molecule has 10 aromatic rings. The Labute approximate surface area is 339 Å². The van der Waals surface area contributed by atoms with Crippen molar-refractivity contribution in [3.05, 3.63) is 182 Å². The van der Waals surface area contributed by atoms with E-state index in [-0.39, 0.29) is 0 Å². The lowest BCUT2D eigenvalue weighted by Gasteiger charge is -2.13. The standard InChI is InChI=1S/C50H33N9/c1-31(41-19-15-32-13-17-37-39(43-11-3-5-23-54-43)26-45(34-9-7-21-52-29-34)58-49(37)47(32)56-41)25-36(28-51-2)42-20-16-33-14-18-38-40(44-12-4-6-24-55-44)27-46(35-10-8-22-53-30-35)59-50(38)48(33)57-42/h3-30H,2H2,1H3/b31-25+,36-28+. The molecular weight excluding hydrogens is 727 g/mol. The van der Waals surface area contributed by atoms with Crippen LogP contribution in [0.2, 0.25) is 0 Å². The number of hydrogen-bond acceptors (Lipinski definition) is 9. The van der Waals surface area contributed by atoms with E-state index in [2.05, 4.69) is 76.3 Å². The van der Waals surface area contributed by atoms with Crippen LogP contribution in [0.15, 0.2) is 176 Å². The third-order valence-corrected chi connectivity index (χ3v) is 10.4. The fourth-order valence-corrected chi connectivity index (χ4v) is 7.50. The van der Waals surface area contributed by atoms with Gasteiger partial charge in [-0.2, -0.15) is 0 Å². The first-order chi connectivity index (χ1) is 29.1. The monoisotopic (exact) mass is 759 g/mol. The molecule has 8 aromatic heterocycles. The summed E-state index contributed by atoms with van der Waals surface area (Å²) < 4.78 is 0. The Balaban J connectivity index is 1.11. The van der Waals surface area contributed by atoms with E-state index in [0.717, 1.165) is 111 Å². The van der Waals surface area contributed by atoms with Gasteiger partial charge in [-0.15, -0.1) is 0 Å². The van der Waals surface area contributed by atoms with Crippen molar-refractivity contribution in [2.24, 2.45) is 4.99 Å². The second-order valence-corrected chi connectivity index (χ2v) is 14.1. The second-order valence-electron chi connectivity index (χ2n) is 14.1. The Morgan fingerprint density at radius 3 is 1.53 bits per heavy atom. The van der Waals surface area contributed by atoms with Crippen LogP contribution < -0.4 is 0 Å². The third-order valence-electron chi connectivity index (χ3n) is 10.4. The van der Waals surface area contributed by atoms with Gasteiger partial charge in [-0.25, -0.2) is 19.9 Å². The van der Waals surface area contributed by atoms with Gasteiger partial charge in [0.1, 0.15) is 0 Å². The molecule has 0 saturated carbocycles. The minimum absolute atomic E-state index is 0.721. The van der Waals surface area contributed by atoms with E-state index in [9.17, 15) is 0 Å². The number of pyridine rings is 8. The summed E-state index contributed by atoms with van der Waals surface area (Å²) in [5, 5.41) is 3.85. The van der Waals surface area contributed by atoms with Crippen LogP contribution in [0.4, 0.5) is 0 Å². The SMILES string of the molecule is C=N/C=C(\C=C(/C)c1ccc2ccc3c(-c4ccccn4)cc(-c4cccnc4)nc3c2n1)c1ccc2ccc3c(-c4ccccn4)cc(-c4cccnc4)nc3c2n1. The molecule has 59 heavy (non-hydrogen) atoms. The lowest BCUT2D eigenvalue weighted by Crippen LogP contribution is -1.96. The molecule has 0 aliphatic rings. The first-order valence-electron chi connectivity index (χ1n) is 19.1. The summed E-state index contributed by atoms with van der Waals surface area (Å²) in [4.78, 5) is 43.3. The lowest BCUT2D eigenvalue weighted by atomic mass is 9.99. The number of fused-ring (bicyclic) bond motifs is 6. The highest BCUT2D eigenvalue weighted by molar-refractivity contribution is 6.10. The third kappa shape index (κ3) is 6.66. The summed E-state index contributed by atoms with van der Waals surface area (Å²) in [5.41, 5.74) is 13.4. The molecule has 0 unspecified atom stereocenters. The fourth-order valence-electron chi connectivity index (χ4n) is 7.50. The van der Waals surface area contributed by atoms with E-state index < -0.39 is 0 Å². The lowest BCUT2D eigenvalue weighted by molar-refractivity contribution is 1.28. The van der Waals surface area contributed by atoms with Crippen LogP contribution in [-0.2, 0) is 0 Å². The van der Waals surface area contributed by atoms with E-state index in [1.54, 1.807) is 24.8 Å². The Morgan fingerprint density at radius 1 is 0.508 bits per heavy atom. The Morgan fingerprint density at radius 2 is 1.03 bits per heavy atom. The van der Waals surface area contributed by atoms with Crippen LogP contribution in [0.3, 0.4) is 0 Å². The van der Waals surface area contributed by atoms with Gasteiger partial charge < -0.3 is 0 Å². The summed E-state index contributed by atoms with van der Waals surface area (Å²) in [7, 11) is 0. The molecule has 0 radical (unpaired) electrons. The number of aliphatic imine (C=N–C) groups is 1. The van der Waals surface area contributed by atoms with Gasteiger partial charge in [-0.05, 0) is 98.1 Å². The van der Waals surface area contributed by atoms with Crippen LogP contribution in [0.25, 0.3) is 99.8 Å². The number of rotatable bonds is 8. The van der Waals surface area contributed by atoms with Crippen molar-refractivity contribution in [1.29, 1.82) is 0 Å². The first kappa shape index (κ1) is 35.3. The Bertz CT molecular complexity index is 3280. The fraction of sp³-hybridized carbons (Fsp3) is 0.0200. The number of hydrogen-bond donors (Lipinski definition) is 0. The predicted octanol–water partition coefficient (Wildman–Crippen LogP) is 11.3. The zero-order valence-electron chi connectivity index (χ0n) is 31.9. The van der Waals surface area contributed by atoms with E-state index in [4.69, 9.17) is 29.9 Å². The topological polar surface area (TPSA) is 115 Å². The van der Waals surface area contributed by atoms with Gasteiger partial charge in [-0.1, -0.05) is 48.5 Å². The molecule has 9 nitrogen and oxygen atoms in total. The molecule has 0 N–H and O–H groups in total. The summed E-state index contributed by atoms with van der Waals surface area (Å²) in [6, 6.07) is 40.4. The van der Waals surface area contributed by atoms with E-state index in [0.29, 0.717) is 0 Å². The second kappa shape index (κ2) is 15.1. The van der Waals surface area contributed by atoms with Crippen molar-refractivity contribution in [2.45, 2.75) is 6.92 Å². The maximum absolute atomic E-state index is 5.27. The molecule has 0 spiro atoms. The van der Waals surface area contributed by atoms with Gasteiger partial charge in [0.15, 0.2) is 0 Å². The van der Waals surface area contributed by atoms with Crippen LogP contribution >= 0.6 is 0 Å². The minimum Gasteiger partial charge on any atom is -0.272 e. The number of nitrogens with zero attached hydrogens (tertiary/aromatic N) is 9. The molecule has 0 fully saturated rings. The van der Waals surface area contributed by atoms with Gasteiger partial charge in [0, 0.05) is 92.8 Å². The van der Waals surface area contributed by atoms with E-state index in [1.165, 1.54) is 0 Å². The summed E-state index contributed by atoms with van der Waals surface area (Å²) in [6.07, 6.45) is 14.6. The van der Waals surface area contributed by atoms with Gasteiger partial charge in [-0.3, -0.25) is 24.9 Å². The molecule has 8 heterocycles. The maximum atomic E-state index is 5.27. The zero-order valence-corrected chi connectivity index (χ0v) is 31.9. The Hall–Kier alpha value is -8.17. The maximum Gasteiger partial charge on any atom is 0.0979 e. The largest absolute Gasteiger partial charge is 0.272 e. The highest BCUT2D eigenvalue weighted by Crippen LogP contribution is 2.37. The molecule has 0 aliphatic carbocycles. The minimum atomic E-state index is 0.721. The summed E-state index contributed by atoms with van der Waals surface area (Å²) in [6.45, 7) is 5.85. The summed E-state index contributed by atoms with van der Waals surface area (Å²) in [5.74, 6) is 0. The molecule has 9 heteroatoms. The van der Waals surface area contributed by atoms with Crippen molar-refractivity contribution in [1.82, 2.24) is 39.9 Å². The van der Waals surface area contributed by atoms with Crippen molar-refractivity contribution >= 4 is 61.5 Å². The number of aromatic nitrogens is 8. The highest BCUT2D eigenvalue weighted by atomic mass is 14.8. The molecule has 0 saturated heterocycles. The van der Waals surface area contributed by atoms with Crippen molar-refractivity contribution in [2.75, 3.05) is 0 Å².